The highest BCUT2D eigenvalue weighted by molar-refractivity contribution is 5.78. The Morgan fingerprint density at radius 2 is 2.15 bits per heavy atom. The fourth-order valence-electron chi connectivity index (χ4n) is 2.97. The third-order valence-corrected chi connectivity index (χ3v) is 3.91. The monoisotopic (exact) mass is 275 g/mol. The standard InChI is InChI=1S/C16H25N3O/c1-18(11-14-6-3-2-4-7-14)12-15-8-5-9-19(13-15)16(20)10-17/h2-4,6-7,15H,5,8-13,17H2,1H3/t15-/m0/s1. The maximum atomic E-state index is 11.7. The van der Waals surface area contributed by atoms with Crippen molar-refractivity contribution in [3.8, 4) is 0 Å². The van der Waals surface area contributed by atoms with Crippen LogP contribution < -0.4 is 5.73 Å². The van der Waals surface area contributed by atoms with Crippen molar-refractivity contribution >= 4 is 5.91 Å². The van der Waals surface area contributed by atoms with Crippen LogP contribution in [0.2, 0.25) is 0 Å². The minimum atomic E-state index is 0.0837. The first kappa shape index (κ1) is 15.0. The minimum absolute atomic E-state index is 0.0837. The Kier molecular flexibility index (Phi) is 5.56. The molecule has 0 spiro atoms. The fourth-order valence-corrected chi connectivity index (χ4v) is 2.97. The second-order valence-electron chi connectivity index (χ2n) is 5.73. The van der Waals surface area contributed by atoms with Crippen LogP contribution in [0.5, 0.6) is 0 Å². The molecule has 110 valence electrons. The lowest BCUT2D eigenvalue weighted by molar-refractivity contribution is -0.131. The number of nitrogens with two attached hydrogens (primary N) is 1. The zero-order valence-corrected chi connectivity index (χ0v) is 12.3. The van der Waals surface area contributed by atoms with Gasteiger partial charge in [0, 0.05) is 26.2 Å². The summed E-state index contributed by atoms with van der Waals surface area (Å²) >= 11 is 0. The first-order valence-corrected chi connectivity index (χ1v) is 7.39. The van der Waals surface area contributed by atoms with Crippen molar-refractivity contribution in [2.24, 2.45) is 11.7 Å². The highest BCUT2D eigenvalue weighted by atomic mass is 16.2. The molecule has 2 rings (SSSR count). The van der Waals surface area contributed by atoms with Crippen LogP contribution in [-0.2, 0) is 11.3 Å². The summed E-state index contributed by atoms with van der Waals surface area (Å²) in [4.78, 5) is 15.9. The van der Waals surface area contributed by atoms with Gasteiger partial charge in [0.15, 0.2) is 0 Å². The van der Waals surface area contributed by atoms with Gasteiger partial charge in [0.25, 0.3) is 0 Å². The molecule has 1 aromatic carbocycles. The molecular formula is C16H25N3O. The van der Waals surface area contributed by atoms with Gasteiger partial charge in [0.1, 0.15) is 0 Å². The number of likely N-dealkylation sites (tertiary alicyclic amines) is 1. The molecule has 0 saturated carbocycles. The number of carbonyl (C=O) groups is 1. The summed E-state index contributed by atoms with van der Waals surface area (Å²) in [5.41, 5.74) is 6.78. The molecule has 2 N–H and O–H groups in total. The van der Waals surface area contributed by atoms with Gasteiger partial charge in [-0.25, -0.2) is 0 Å². The van der Waals surface area contributed by atoms with E-state index in [1.165, 1.54) is 12.0 Å². The van der Waals surface area contributed by atoms with Gasteiger partial charge in [0.2, 0.25) is 5.91 Å². The molecule has 1 aliphatic rings. The van der Waals surface area contributed by atoms with Crippen molar-refractivity contribution in [2.45, 2.75) is 19.4 Å². The van der Waals surface area contributed by atoms with Gasteiger partial charge in [-0.1, -0.05) is 30.3 Å². The van der Waals surface area contributed by atoms with Gasteiger partial charge >= 0.3 is 0 Å². The molecule has 20 heavy (non-hydrogen) atoms. The second-order valence-corrected chi connectivity index (χ2v) is 5.73. The van der Waals surface area contributed by atoms with Crippen molar-refractivity contribution in [3.05, 3.63) is 35.9 Å². The molecule has 0 aliphatic carbocycles. The van der Waals surface area contributed by atoms with Crippen molar-refractivity contribution in [2.75, 3.05) is 33.2 Å². The van der Waals surface area contributed by atoms with Crippen molar-refractivity contribution in [3.63, 3.8) is 0 Å². The van der Waals surface area contributed by atoms with E-state index < -0.39 is 0 Å². The van der Waals surface area contributed by atoms with E-state index in [2.05, 4.69) is 36.2 Å². The SMILES string of the molecule is CN(Cc1ccccc1)C[C@@H]1CCCN(C(=O)CN)C1. The van der Waals surface area contributed by atoms with E-state index in [4.69, 9.17) is 5.73 Å². The number of hydrogen-bond acceptors (Lipinski definition) is 3. The van der Waals surface area contributed by atoms with Crippen LogP contribution in [0, 0.1) is 5.92 Å². The zero-order valence-electron chi connectivity index (χ0n) is 12.3. The number of amides is 1. The van der Waals surface area contributed by atoms with Gasteiger partial charge in [-0.2, -0.15) is 0 Å². The van der Waals surface area contributed by atoms with Gasteiger partial charge in [-0.05, 0) is 31.4 Å². The highest BCUT2D eigenvalue weighted by Gasteiger charge is 2.23. The number of nitrogens with zero attached hydrogens (tertiary/aromatic N) is 2. The lowest BCUT2D eigenvalue weighted by atomic mass is 9.97. The molecule has 0 radical (unpaired) electrons. The number of hydrogen-bond donors (Lipinski definition) is 1. The minimum Gasteiger partial charge on any atom is -0.341 e. The van der Waals surface area contributed by atoms with Crippen LogP contribution in [0.1, 0.15) is 18.4 Å². The van der Waals surface area contributed by atoms with Gasteiger partial charge < -0.3 is 15.5 Å². The third-order valence-electron chi connectivity index (χ3n) is 3.91. The Balaban J connectivity index is 1.81. The van der Waals surface area contributed by atoms with Crippen LogP contribution >= 0.6 is 0 Å². The quantitative estimate of drug-likeness (QED) is 0.881. The average molecular weight is 275 g/mol. The first-order valence-electron chi connectivity index (χ1n) is 7.39. The summed E-state index contributed by atoms with van der Waals surface area (Å²) in [5, 5.41) is 0. The van der Waals surface area contributed by atoms with Crippen LogP contribution in [-0.4, -0.2) is 48.9 Å². The van der Waals surface area contributed by atoms with Crippen molar-refractivity contribution < 1.29 is 4.79 Å². The number of rotatable bonds is 5. The molecule has 1 amide bonds. The first-order chi connectivity index (χ1) is 9.69. The smallest absolute Gasteiger partial charge is 0.236 e. The summed E-state index contributed by atoms with van der Waals surface area (Å²) in [6.45, 7) is 3.85. The number of carbonyl (C=O) groups excluding carboxylic acids is 1. The third kappa shape index (κ3) is 4.32. The Hall–Kier alpha value is -1.39. The predicted molar refractivity (Wildman–Crippen MR) is 81.1 cm³/mol. The van der Waals surface area contributed by atoms with Crippen LogP contribution in [0.15, 0.2) is 30.3 Å². The van der Waals surface area contributed by atoms with Crippen LogP contribution in [0.25, 0.3) is 0 Å². The van der Waals surface area contributed by atoms with E-state index in [9.17, 15) is 4.79 Å². The Bertz CT molecular complexity index is 421. The average Bonchev–Trinajstić information content (AvgIpc) is 2.47. The molecule has 1 saturated heterocycles. The maximum Gasteiger partial charge on any atom is 0.236 e. The van der Waals surface area contributed by atoms with Gasteiger partial charge in [-0.3, -0.25) is 4.79 Å². The highest BCUT2D eigenvalue weighted by Crippen LogP contribution is 2.18. The molecule has 1 aliphatic heterocycles. The Morgan fingerprint density at radius 3 is 2.85 bits per heavy atom. The lowest BCUT2D eigenvalue weighted by Gasteiger charge is -2.34. The Labute approximate surface area is 121 Å². The molecule has 0 unspecified atom stereocenters. The predicted octanol–water partition coefficient (Wildman–Crippen LogP) is 1.32. The normalized spacial score (nSPS) is 19.4. The maximum absolute atomic E-state index is 11.7. The van der Waals surface area contributed by atoms with Crippen LogP contribution in [0.4, 0.5) is 0 Å². The number of piperidine rings is 1. The zero-order chi connectivity index (χ0) is 14.4. The second kappa shape index (κ2) is 7.41. The topological polar surface area (TPSA) is 49.6 Å². The summed E-state index contributed by atoms with van der Waals surface area (Å²) in [7, 11) is 2.15. The molecule has 0 aromatic heterocycles. The van der Waals surface area contributed by atoms with E-state index in [0.29, 0.717) is 5.92 Å². The summed E-state index contributed by atoms with van der Waals surface area (Å²) < 4.78 is 0. The molecule has 1 fully saturated rings. The van der Waals surface area contributed by atoms with Gasteiger partial charge in [-0.15, -0.1) is 0 Å². The molecule has 1 atom stereocenters. The van der Waals surface area contributed by atoms with E-state index >= 15 is 0 Å². The van der Waals surface area contributed by atoms with Crippen molar-refractivity contribution in [1.29, 1.82) is 0 Å². The van der Waals surface area contributed by atoms with E-state index in [-0.39, 0.29) is 12.5 Å². The van der Waals surface area contributed by atoms with E-state index in [1.807, 2.05) is 11.0 Å². The molecule has 1 aromatic rings. The summed E-state index contributed by atoms with van der Waals surface area (Å²) in [6, 6.07) is 10.5. The molecule has 0 bridgehead atoms. The number of benzene rings is 1. The Morgan fingerprint density at radius 1 is 1.40 bits per heavy atom. The van der Waals surface area contributed by atoms with E-state index in [0.717, 1.165) is 32.6 Å². The molecule has 4 heteroatoms. The summed E-state index contributed by atoms with van der Waals surface area (Å²) in [6.07, 6.45) is 2.29. The molecule has 1 heterocycles. The summed E-state index contributed by atoms with van der Waals surface area (Å²) in [5.74, 6) is 0.647. The molecular weight excluding hydrogens is 250 g/mol. The van der Waals surface area contributed by atoms with Gasteiger partial charge in [0.05, 0.1) is 6.54 Å². The lowest BCUT2D eigenvalue weighted by Crippen LogP contribution is -2.45. The van der Waals surface area contributed by atoms with E-state index in [1.54, 1.807) is 0 Å². The fraction of sp³-hybridized carbons (Fsp3) is 0.562. The van der Waals surface area contributed by atoms with Crippen molar-refractivity contribution in [1.82, 2.24) is 9.80 Å². The van der Waals surface area contributed by atoms with Crippen LogP contribution in [0.3, 0.4) is 0 Å². The largest absolute Gasteiger partial charge is 0.341 e. The molecule has 4 nitrogen and oxygen atoms in total.